The van der Waals surface area contributed by atoms with Gasteiger partial charge in [-0.2, -0.15) is 0 Å². The van der Waals surface area contributed by atoms with E-state index < -0.39 is 0 Å². The summed E-state index contributed by atoms with van der Waals surface area (Å²) in [6, 6.07) is 0.482. The summed E-state index contributed by atoms with van der Waals surface area (Å²) in [5.41, 5.74) is 1.26. The first-order valence-corrected chi connectivity index (χ1v) is 9.27. The van der Waals surface area contributed by atoms with Crippen LogP contribution in [-0.2, 0) is 0 Å². The van der Waals surface area contributed by atoms with Gasteiger partial charge in [-0.3, -0.25) is 0 Å². The summed E-state index contributed by atoms with van der Waals surface area (Å²) in [5, 5.41) is 7.30. The van der Waals surface area contributed by atoms with Crippen LogP contribution in [0.3, 0.4) is 0 Å². The Morgan fingerprint density at radius 2 is 2.05 bits per heavy atom. The van der Waals surface area contributed by atoms with Crippen molar-refractivity contribution in [3.8, 4) is 0 Å². The lowest BCUT2D eigenvalue weighted by atomic mass is 9.85. The summed E-state index contributed by atoms with van der Waals surface area (Å²) in [6.45, 7) is 7.81. The van der Waals surface area contributed by atoms with E-state index in [0.29, 0.717) is 12.0 Å². The van der Waals surface area contributed by atoms with Gasteiger partial charge < -0.3 is 5.32 Å². The Bertz CT molecular complexity index is 380. The Hall–Kier alpha value is -0.410. The molecule has 0 bridgehead atoms. The maximum absolute atomic E-state index is 4.88. The SMILES string of the molecule is CCCNC(CC1CCCCC1)c1nc(C(C)C)cs1. The van der Waals surface area contributed by atoms with E-state index in [9.17, 15) is 0 Å². The Labute approximate surface area is 128 Å². The lowest BCUT2D eigenvalue weighted by Gasteiger charge is -2.26. The third kappa shape index (κ3) is 4.56. The molecule has 1 atom stereocenters. The smallest absolute Gasteiger partial charge is 0.110 e. The summed E-state index contributed by atoms with van der Waals surface area (Å²) >= 11 is 1.85. The van der Waals surface area contributed by atoms with Crippen LogP contribution in [0.5, 0.6) is 0 Å². The van der Waals surface area contributed by atoms with Crippen LogP contribution in [0.1, 0.15) is 88.4 Å². The first-order chi connectivity index (χ1) is 9.70. The second kappa shape index (κ2) is 8.14. The van der Waals surface area contributed by atoms with Crippen LogP contribution in [-0.4, -0.2) is 11.5 Å². The Kier molecular flexibility index (Phi) is 6.50. The predicted molar refractivity (Wildman–Crippen MR) is 88.4 cm³/mol. The van der Waals surface area contributed by atoms with Gasteiger partial charge in [0.1, 0.15) is 5.01 Å². The molecule has 0 aliphatic heterocycles. The highest BCUT2D eigenvalue weighted by Gasteiger charge is 2.22. The molecule has 0 amide bonds. The quantitative estimate of drug-likeness (QED) is 0.740. The van der Waals surface area contributed by atoms with Crippen LogP contribution in [0.2, 0.25) is 0 Å². The van der Waals surface area contributed by atoms with Gasteiger partial charge in [0.2, 0.25) is 0 Å². The van der Waals surface area contributed by atoms with Crippen LogP contribution in [0, 0.1) is 5.92 Å². The molecule has 3 heteroatoms. The summed E-state index contributed by atoms with van der Waals surface area (Å²) in [4.78, 5) is 4.88. The Morgan fingerprint density at radius 1 is 1.30 bits per heavy atom. The topological polar surface area (TPSA) is 24.9 Å². The molecule has 0 radical (unpaired) electrons. The average Bonchev–Trinajstić information content (AvgIpc) is 2.94. The maximum Gasteiger partial charge on any atom is 0.110 e. The zero-order valence-electron chi connectivity index (χ0n) is 13.3. The predicted octanol–water partition coefficient (Wildman–Crippen LogP) is 5.28. The largest absolute Gasteiger partial charge is 0.308 e. The van der Waals surface area contributed by atoms with Crippen molar-refractivity contribution in [2.45, 2.75) is 77.7 Å². The molecule has 114 valence electrons. The van der Waals surface area contributed by atoms with Gasteiger partial charge in [-0.15, -0.1) is 11.3 Å². The van der Waals surface area contributed by atoms with E-state index in [0.717, 1.165) is 12.5 Å². The van der Waals surface area contributed by atoms with Crippen molar-refractivity contribution >= 4 is 11.3 Å². The number of hydrogen-bond donors (Lipinski definition) is 1. The number of aromatic nitrogens is 1. The number of nitrogens with zero attached hydrogens (tertiary/aromatic N) is 1. The van der Waals surface area contributed by atoms with Crippen molar-refractivity contribution in [2.24, 2.45) is 5.92 Å². The number of thiazole rings is 1. The number of nitrogens with one attached hydrogen (secondary N) is 1. The molecular formula is C17H30N2S. The van der Waals surface area contributed by atoms with Gasteiger partial charge in [0.25, 0.3) is 0 Å². The monoisotopic (exact) mass is 294 g/mol. The first kappa shape index (κ1) is 16.0. The average molecular weight is 295 g/mol. The normalized spacial score (nSPS) is 18.6. The molecule has 1 aromatic heterocycles. The van der Waals surface area contributed by atoms with Crippen molar-refractivity contribution in [3.63, 3.8) is 0 Å². The zero-order valence-corrected chi connectivity index (χ0v) is 14.1. The van der Waals surface area contributed by atoms with Gasteiger partial charge in [0.05, 0.1) is 11.7 Å². The standard InChI is InChI=1S/C17H30N2S/c1-4-10-18-15(11-14-8-6-5-7-9-14)17-19-16(12-20-17)13(2)3/h12-15,18H,4-11H2,1-3H3. The van der Waals surface area contributed by atoms with Crippen molar-refractivity contribution in [1.29, 1.82) is 0 Å². The van der Waals surface area contributed by atoms with Gasteiger partial charge >= 0.3 is 0 Å². The Balaban J connectivity index is 2.00. The summed E-state index contributed by atoms with van der Waals surface area (Å²) in [6.07, 6.45) is 9.63. The highest BCUT2D eigenvalue weighted by Crippen LogP contribution is 2.33. The zero-order chi connectivity index (χ0) is 14.4. The lowest BCUT2D eigenvalue weighted by Crippen LogP contribution is -2.25. The van der Waals surface area contributed by atoms with Crippen LogP contribution in [0.25, 0.3) is 0 Å². The molecule has 1 aliphatic rings. The van der Waals surface area contributed by atoms with Gasteiger partial charge in [-0.05, 0) is 31.2 Å². The molecule has 2 rings (SSSR count). The van der Waals surface area contributed by atoms with E-state index in [1.807, 2.05) is 11.3 Å². The molecular weight excluding hydrogens is 264 g/mol. The molecule has 1 heterocycles. The van der Waals surface area contributed by atoms with Crippen molar-refractivity contribution in [2.75, 3.05) is 6.54 Å². The fourth-order valence-electron chi connectivity index (χ4n) is 3.07. The van der Waals surface area contributed by atoms with Crippen LogP contribution >= 0.6 is 11.3 Å². The fraction of sp³-hybridized carbons (Fsp3) is 0.824. The molecule has 1 saturated carbocycles. The number of hydrogen-bond acceptors (Lipinski definition) is 3. The van der Waals surface area contributed by atoms with Crippen molar-refractivity contribution in [3.05, 3.63) is 16.1 Å². The van der Waals surface area contributed by atoms with Gasteiger partial charge in [0, 0.05) is 5.38 Å². The molecule has 1 aromatic rings. The fourth-order valence-corrected chi connectivity index (χ4v) is 4.14. The second-order valence-electron chi connectivity index (χ2n) is 6.51. The van der Waals surface area contributed by atoms with E-state index in [4.69, 9.17) is 4.98 Å². The van der Waals surface area contributed by atoms with Gasteiger partial charge in [-0.25, -0.2) is 4.98 Å². The molecule has 1 fully saturated rings. The van der Waals surface area contributed by atoms with Crippen LogP contribution in [0.15, 0.2) is 5.38 Å². The molecule has 1 unspecified atom stereocenters. The molecule has 2 nitrogen and oxygen atoms in total. The minimum absolute atomic E-state index is 0.482. The van der Waals surface area contributed by atoms with E-state index in [1.165, 1.54) is 55.6 Å². The third-order valence-corrected chi connectivity index (χ3v) is 5.34. The summed E-state index contributed by atoms with van der Waals surface area (Å²) in [5.74, 6) is 1.45. The highest BCUT2D eigenvalue weighted by atomic mass is 32.1. The minimum Gasteiger partial charge on any atom is -0.308 e. The van der Waals surface area contributed by atoms with E-state index in [-0.39, 0.29) is 0 Å². The first-order valence-electron chi connectivity index (χ1n) is 8.39. The van der Waals surface area contributed by atoms with Crippen molar-refractivity contribution < 1.29 is 0 Å². The van der Waals surface area contributed by atoms with E-state index in [1.54, 1.807) is 0 Å². The molecule has 1 N–H and O–H groups in total. The number of rotatable bonds is 7. The maximum atomic E-state index is 4.88. The Morgan fingerprint density at radius 3 is 2.65 bits per heavy atom. The van der Waals surface area contributed by atoms with E-state index in [2.05, 4.69) is 31.5 Å². The molecule has 20 heavy (non-hydrogen) atoms. The molecule has 0 saturated heterocycles. The molecule has 0 aromatic carbocycles. The highest BCUT2D eigenvalue weighted by molar-refractivity contribution is 7.09. The third-order valence-electron chi connectivity index (χ3n) is 4.36. The second-order valence-corrected chi connectivity index (χ2v) is 7.40. The van der Waals surface area contributed by atoms with E-state index >= 15 is 0 Å². The summed E-state index contributed by atoms with van der Waals surface area (Å²) < 4.78 is 0. The van der Waals surface area contributed by atoms with Crippen LogP contribution < -0.4 is 5.32 Å². The molecule has 0 spiro atoms. The molecule has 1 aliphatic carbocycles. The van der Waals surface area contributed by atoms with Gasteiger partial charge in [-0.1, -0.05) is 52.9 Å². The minimum atomic E-state index is 0.482. The van der Waals surface area contributed by atoms with Crippen molar-refractivity contribution in [1.82, 2.24) is 10.3 Å². The summed E-state index contributed by atoms with van der Waals surface area (Å²) in [7, 11) is 0. The lowest BCUT2D eigenvalue weighted by molar-refractivity contribution is 0.299. The van der Waals surface area contributed by atoms with Crippen LogP contribution in [0.4, 0.5) is 0 Å². The van der Waals surface area contributed by atoms with Gasteiger partial charge in [0.15, 0.2) is 0 Å².